The number of anilines is 3. The van der Waals surface area contributed by atoms with Crippen molar-refractivity contribution in [1.82, 2.24) is 14.5 Å². The monoisotopic (exact) mass is 483 g/mol. The zero-order chi connectivity index (χ0) is 22.0. The molecule has 2 aromatic heterocycles. The summed E-state index contributed by atoms with van der Waals surface area (Å²) in [6.45, 7) is 0.535. The van der Waals surface area contributed by atoms with Crippen LogP contribution in [0.15, 0.2) is 53.1 Å². The highest BCUT2D eigenvalue weighted by molar-refractivity contribution is 9.10. The molecule has 4 rings (SSSR count). The second kappa shape index (κ2) is 8.73. The lowest BCUT2D eigenvalue weighted by Crippen LogP contribution is -2.05. The third-order valence-electron chi connectivity index (χ3n) is 4.80. The first-order chi connectivity index (χ1) is 15.0. The minimum absolute atomic E-state index is 0.190. The molecule has 31 heavy (non-hydrogen) atoms. The summed E-state index contributed by atoms with van der Waals surface area (Å²) < 4.78 is 19.3. The van der Waals surface area contributed by atoms with Crippen LogP contribution in [0, 0.1) is 0 Å². The molecule has 9 heteroatoms. The van der Waals surface area contributed by atoms with Crippen LogP contribution in [0.1, 0.15) is 5.56 Å². The maximum atomic E-state index is 6.02. The number of benzene rings is 2. The number of ether oxygens (including phenoxy) is 3. The van der Waals surface area contributed by atoms with Crippen molar-refractivity contribution < 1.29 is 14.2 Å². The fraction of sp³-hybridized carbons (Fsp3) is 0.182. The standard InChI is InChI=1S/C22H22BrN5O3/c1-29-17-9-13(10-18(30-2)19(17)31-3)12-28-8-7-16-20(26-22(24)27-21(16)28)25-15-6-4-5-14(23)11-15/h4-11H,12H2,1-3H3,(H3,24,25,26,27). The molecule has 0 spiro atoms. The molecule has 160 valence electrons. The molecule has 8 nitrogen and oxygen atoms in total. The van der Waals surface area contributed by atoms with Gasteiger partial charge >= 0.3 is 0 Å². The van der Waals surface area contributed by atoms with E-state index in [1.54, 1.807) is 21.3 Å². The first-order valence-corrected chi connectivity index (χ1v) is 10.3. The number of hydrogen-bond donors (Lipinski definition) is 2. The van der Waals surface area contributed by atoms with Gasteiger partial charge in [0.25, 0.3) is 0 Å². The van der Waals surface area contributed by atoms with E-state index in [0.717, 1.165) is 26.8 Å². The summed E-state index contributed by atoms with van der Waals surface area (Å²) in [5.41, 5.74) is 8.60. The molecule has 0 aliphatic carbocycles. The molecular formula is C22H22BrN5O3. The van der Waals surface area contributed by atoms with Gasteiger partial charge in [0.05, 0.1) is 26.7 Å². The molecule has 0 radical (unpaired) electrons. The lowest BCUT2D eigenvalue weighted by molar-refractivity contribution is 0.323. The van der Waals surface area contributed by atoms with Gasteiger partial charge in [-0.25, -0.2) is 0 Å². The van der Waals surface area contributed by atoms with Gasteiger partial charge in [-0.3, -0.25) is 0 Å². The van der Waals surface area contributed by atoms with Gasteiger partial charge in [0.15, 0.2) is 11.5 Å². The fourth-order valence-electron chi connectivity index (χ4n) is 3.43. The van der Waals surface area contributed by atoms with E-state index in [-0.39, 0.29) is 5.95 Å². The minimum atomic E-state index is 0.190. The summed E-state index contributed by atoms with van der Waals surface area (Å²) in [5, 5.41) is 4.19. The van der Waals surface area contributed by atoms with E-state index >= 15 is 0 Å². The summed E-state index contributed by atoms with van der Waals surface area (Å²) in [5.74, 6) is 2.58. The third-order valence-corrected chi connectivity index (χ3v) is 5.29. The van der Waals surface area contributed by atoms with E-state index in [1.165, 1.54) is 0 Å². The Morgan fingerprint density at radius 1 is 1.00 bits per heavy atom. The summed E-state index contributed by atoms with van der Waals surface area (Å²) in [4.78, 5) is 8.86. The number of nitrogens with two attached hydrogens (primary N) is 1. The first-order valence-electron chi connectivity index (χ1n) is 9.46. The largest absolute Gasteiger partial charge is 0.493 e. The molecule has 0 atom stereocenters. The normalized spacial score (nSPS) is 10.8. The van der Waals surface area contributed by atoms with Gasteiger partial charge in [-0.05, 0) is 42.0 Å². The molecule has 0 saturated carbocycles. The van der Waals surface area contributed by atoms with Crippen LogP contribution in [-0.2, 0) is 6.54 Å². The van der Waals surface area contributed by atoms with Crippen molar-refractivity contribution in [2.24, 2.45) is 0 Å². The number of aromatic nitrogens is 3. The van der Waals surface area contributed by atoms with Gasteiger partial charge in [0, 0.05) is 22.9 Å². The van der Waals surface area contributed by atoms with Crippen molar-refractivity contribution in [1.29, 1.82) is 0 Å². The highest BCUT2D eigenvalue weighted by Gasteiger charge is 2.16. The molecular weight excluding hydrogens is 462 g/mol. The van der Waals surface area contributed by atoms with Crippen LogP contribution in [0.2, 0.25) is 0 Å². The average Bonchev–Trinajstić information content (AvgIpc) is 3.15. The molecule has 0 bridgehead atoms. The van der Waals surface area contributed by atoms with Crippen molar-refractivity contribution >= 4 is 44.4 Å². The molecule has 0 aliphatic rings. The zero-order valence-corrected chi connectivity index (χ0v) is 18.9. The Hall–Kier alpha value is -3.46. The maximum Gasteiger partial charge on any atom is 0.224 e. The Labute approximate surface area is 188 Å². The van der Waals surface area contributed by atoms with Crippen molar-refractivity contribution in [3.63, 3.8) is 0 Å². The van der Waals surface area contributed by atoms with Crippen LogP contribution in [0.25, 0.3) is 11.0 Å². The number of hydrogen-bond acceptors (Lipinski definition) is 7. The highest BCUT2D eigenvalue weighted by atomic mass is 79.9. The summed E-state index contributed by atoms with van der Waals surface area (Å²) in [7, 11) is 4.78. The number of rotatable bonds is 7. The van der Waals surface area contributed by atoms with Crippen LogP contribution in [-0.4, -0.2) is 35.9 Å². The SMILES string of the molecule is COc1cc(Cn2ccc3c(Nc4cccc(Br)c4)nc(N)nc32)cc(OC)c1OC. The highest BCUT2D eigenvalue weighted by Crippen LogP contribution is 2.38. The lowest BCUT2D eigenvalue weighted by atomic mass is 10.1. The van der Waals surface area contributed by atoms with Crippen LogP contribution < -0.4 is 25.3 Å². The van der Waals surface area contributed by atoms with E-state index in [0.29, 0.717) is 29.6 Å². The van der Waals surface area contributed by atoms with Gasteiger partial charge in [-0.15, -0.1) is 0 Å². The van der Waals surface area contributed by atoms with Gasteiger partial charge in [-0.1, -0.05) is 22.0 Å². The molecule has 0 saturated heterocycles. The van der Waals surface area contributed by atoms with E-state index in [1.807, 2.05) is 53.2 Å². The van der Waals surface area contributed by atoms with Crippen LogP contribution >= 0.6 is 15.9 Å². The number of halogens is 1. The number of nitrogen functional groups attached to an aromatic ring is 1. The Morgan fingerprint density at radius 2 is 1.74 bits per heavy atom. The van der Waals surface area contributed by atoms with E-state index in [9.17, 15) is 0 Å². The van der Waals surface area contributed by atoms with Gasteiger partial charge in [0.1, 0.15) is 11.5 Å². The number of nitrogens with one attached hydrogen (secondary N) is 1. The molecule has 2 heterocycles. The van der Waals surface area contributed by atoms with E-state index < -0.39 is 0 Å². The van der Waals surface area contributed by atoms with Gasteiger partial charge in [0.2, 0.25) is 11.7 Å². The topological polar surface area (TPSA) is 96.5 Å². The second-order valence-corrected chi connectivity index (χ2v) is 7.70. The molecule has 2 aromatic carbocycles. The van der Waals surface area contributed by atoms with Crippen LogP contribution in [0.4, 0.5) is 17.5 Å². The molecule has 0 fully saturated rings. The summed E-state index contributed by atoms with van der Waals surface area (Å²) in [6, 6.07) is 13.6. The third kappa shape index (κ3) is 4.22. The quantitative estimate of drug-likeness (QED) is 0.396. The maximum absolute atomic E-state index is 6.02. The molecule has 0 unspecified atom stereocenters. The number of nitrogens with zero attached hydrogens (tertiary/aromatic N) is 3. The van der Waals surface area contributed by atoms with Crippen molar-refractivity contribution in [2.45, 2.75) is 6.54 Å². The van der Waals surface area contributed by atoms with Crippen molar-refractivity contribution in [3.8, 4) is 17.2 Å². The molecule has 4 aromatic rings. The predicted molar refractivity (Wildman–Crippen MR) is 125 cm³/mol. The Kier molecular flexibility index (Phi) is 5.85. The Balaban J connectivity index is 1.72. The van der Waals surface area contributed by atoms with E-state index in [2.05, 4.69) is 31.2 Å². The lowest BCUT2D eigenvalue weighted by Gasteiger charge is -2.15. The van der Waals surface area contributed by atoms with Crippen LogP contribution in [0.5, 0.6) is 17.2 Å². The smallest absolute Gasteiger partial charge is 0.224 e. The van der Waals surface area contributed by atoms with Gasteiger partial charge < -0.3 is 29.8 Å². The second-order valence-electron chi connectivity index (χ2n) is 6.78. The Morgan fingerprint density at radius 3 is 2.39 bits per heavy atom. The zero-order valence-electron chi connectivity index (χ0n) is 17.3. The fourth-order valence-corrected chi connectivity index (χ4v) is 3.83. The minimum Gasteiger partial charge on any atom is -0.493 e. The first kappa shape index (κ1) is 20.8. The average molecular weight is 484 g/mol. The van der Waals surface area contributed by atoms with Crippen LogP contribution in [0.3, 0.4) is 0 Å². The summed E-state index contributed by atoms with van der Waals surface area (Å²) in [6.07, 6.45) is 1.95. The Bertz CT molecular complexity index is 1220. The summed E-state index contributed by atoms with van der Waals surface area (Å²) >= 11 is 3.48. The van der Waals surface area contributed by atoms with E-state index in [4.69, 9.17) is 19.9 Å². The van der Waals surface area contributed by atoms with Crippen molar-refractivity contribution in [2.75, 3.05) is 32.4 Å². The molecule has 0 amide bonds. The number of fused-ring (bicyclic) bond motifs is 1. The number of methoxy groups -OCH3 is 3. The molecule has 0 aliphatic heterocycles. The predicted octanol–water partition coefficient (Wildman–Crippen LogP) is 4.59. The van der Waals surface area contributed by atoms with Crippen molar-refractivity contribution in [3.05, 3.63) is 58.7 Å². The molecule has 3 N–H and O–H groups in total. The van der Waals surface area contributed by atoms with Gasteiger partial charge in [-0.2, -0.15) is 9.97 Å².